The average molecular weight is 391 g/mol. The van der Waals surface area contributed by atoms with Gasteiger partial charge in [0.05, 0.1) is 0 Å². The third-order valence-corrected chi connectivity index (χ3v) is 4.37. The number of hydrogen-bond donors (Lipinski definition) is 3. The zero-order valence-corrected chi connectivity index (χ0v) is 16.3. The molecule has 0 saturated heterocycles. The molecule has 5 nitrogen and oxygen atoms in total. The van der Waals surface area contributed by atoms with E-state index in [4.69, 9.17) is 12.2 Å². The molecule has 142 valence electrons. The SMILES string of the molecule is CCCC(=O)Nc1ccc(NC(=S)NC(=O)c2cccc3ccccc23)cc1. The van der Waals surface area contributed by atoms with Gasteiger partial charge in [-0.2, -0.15) is 0 Å². The molecule has 3 N–H and O–H groups in total. The first-order chi connectivity index (χ1) is 13.6. The zero-order valence-electron chi connectivity index (χ0n) is 15.5. The van der Waals surface area contributed by atoms with Crippen LogP contribution in [0.1, 0.15) is 30.1 Å². The van der Waals surface area contributed by atoms with Gasteiger partial charge in [-0.1, -0.05) is 43.3 Å². The molecule has 28 heavy (non-hydrogen) atoms. The zero-order chi connectivity index (χ0) is 19.9. The molecule has 0 aliphatic rings. The van der Waals surface area contributed by atoms with E-state index in [2.05, 4.69) is 16.0 Å². The fourth-order valence-electron chi connectivity index (χ4n) is 2.84. The third-order valence-electron chi connectivity index (χ3n) is 4.16. The molecular weight excluding hydrogens is 370 g/mol. The number of anilines is 2. The Morgan fingerprint density at radius 2 is 1.50 bits per heavy atom. The van der Waals surface area contributed by atoms with Crippen LogP contribution in [0.4, 0.5) is 11.4 Å². The van der Waals surface area contributed by atoms with Crippen LogP contribution in [0.3, 0.4) is 0 Å². The lowest BCUT2D eigenvalue weighted by molar-refractivity contribution is -0.116. The summed E-state index contributed by atoms with van der Waals surface area (Å²) >= 11 is 5.26. The Morgan fingerprint density at radius 3 is 2.21 bits per heavy atom. The van der Waals surface area contributed by atoms with Crippen molar-refractivity contribution < 1.29 is 9.59 Å². The molecule has 6 heteroatoms. The fourth-order valence-corrected chi connectivity index (χ4v) is 3.05. The van der Waals surface area contributed by atoms with Crippen LogP contribution >= 0.6 is 12.2 Å². The molecule has 0 aliphatic carbocycles. The molecule has 0 atom stereocenters. The highest BCUT2D eigenvalue weighted by Crippen LogP contribution is 2.18. The summed E-state index contributed by atoms with van der Waals surface area (Å²) in [6.45, 7) is 1.96. The highest BCUT2D eigenvalue weighted by molar-refractivity contribution is 7.80. The van der Waals surface area contributed by atoms with E-state index in [1.165, 1.54) is 0 Å². The smallest absolute Gasteiger partial charge is 0.258 e. The number of amides is 2. The number of carbonyl (C=O) groups excluding carboxylic acids is 2. The maximum atomic E-state index is 12.6. The summed E-state index contributed by atoms with van der Waals surface area (Å²) in [5, 5.41) is 10.6. The van der Waals surface area contributed by atoms with E-state index in [1.807, 2.05) is 43.3 Å². The lowest BCUT2D eigenvalue weighted by Crippen LogP contribution is -2.34. The molecule has 0 bridgehead atoms. The molecular formula is C22H21N3O2S. The molecule has 3 aromatic carbocycles. The molecule has 0 heterocycles. The Bertz CT molecular complexity index is 1010. The number of benzene rings is 3. The standard InChI is InChI=1S/C22H21N3O2S/c1-2-6-20(26)23-16-11-13-17(14-12-16)24-22(28)25-21(27)19-10-5-8-15-7-3-4-9-18(15)19/h3-5,7-14H,2,6H2,1H3,(H,23,26)(H2,24,25,27,28). The molecule has 0 aromatic heterocycles. The van der Waals surface area contributed by atoms with Crippen LogP contribution in [-0.4, -0.2) is 16.9 Å². The van der Waals surface area contributed by atoms with E-state index in [0.29, 0.717) is 12.0 Å². The minimum absolute atomic E-state index is 0.0129. The van der Waals surface area contributed by atoms with E-state index < -0.39 is 0 Å². The highest BCUT2D eigenvalue weighted by Gasteiger charge is 2.11. The molecule has 0 unspecified atom stereocenters. The van der Waals surface area contributed by atoms with Gasteiger partial charge in [0.2, 0.25) is 5.91 Å². The van der Waals surface area contributed by atoms with Crippen LogP contribution < -0.4 is 16.0 Å². The van der Waals surface area contributed by atoms with E-state index >= 15 is 0 Å². The number of nitrogens with one attached hydrogen (secondary N) is 3. The van der Waals surface area contributed by atoms with Gasteiger partial charge in [-0.25, -0.2) is 0 Å². The first-order valence-electron chi connectivity index (χ1n) is 9.07. The minimum Gasteiger partial charge on any atom is -0.332 e. The summed E-state index contributed by atoms with van der Waals surface area (Å²) in [6.07, 6.45) is 1.29. The van der Waals surface area contributed by atoms with Crippen LogP contribution in [0.25, 0.3) is 10.8 Å². The second-order valence-corrected chi connectivity index (χ2v) is 6.72. The molecule has 0 saturated carbocycles. The maximum absolute atomic E-state index is 12.6. The van der Waals surface area contributed by atoms with Crippen molar-refractivity contribution >= 4 is 51.3 Å². The van der Waals surface area contributed by atoms with Crippen molar-refractivity contribution in [2.24, 2.45) is 0 Å². The maximum Gasteiger partial charge on any atom is 0.258 e. The topological polar surface area (TPSA) is 70.2 Å². The summed E-state index contributed by atoms with van der Waals surface area (Å²) in [4.78, 5) is 24.2. The van der Waals surface area contributed by atoms with Crippen molar-refractivity contribution in [3.8, 4) is 0 Å². The van der Waals surface area contributed by atoms with Crippen LogP contribution in [0.5, 0.6) is 0 Å². The Kier molecular flexibility index (Phi) is 6.34. The highest BCUT2D eigenvalue weighted by atomic mass is 32.1. The van der Waals surface area contributed by atoms with E-state index in [1.54, 1.807) is 30.3 Å². The van der Waals surface area contributed by atoms with Crippen molar-refractivity contribution in [2.45, 2.75) is 19.8 Å². The van der Waals surface area contributed by atoms with Crippen molar-refractivity contribution in [2.75, 3.05) is 10.6 Å². The quantitative estimate of drug-likeness (QED) is 0.551. The van der Waals surface area contributed by atoms with Gasteiger partial charge in [-0.05, 0) is 59.7 Å². The van der Waals surface area contributed by atoms with Gasteiger partial charge < -0.3 is 10.6 Å². The monoisotopic (exact) mass is 391 g/mol. The molecule has 0 aliphatic heterocycles. The van der Waals surface area contributed by atoms with Crippen molar-refractivity contribution in [3.63, 3.8) is 0 Å². The molecule has 0 radical (unpaired) electrons. The van der Waals surface area contributed by atoms with E-state index in [9.17, 15) is 9.59 Å². The van der Waals surface area contributed by atoms with Gasteiger partial charge in [0.1, 0.15) is 0 Å². The summed E-state index contributed by atoms with van der Waals surface area (Å²) in [5.74, 6) is -0.279. The number of hydrogen-bond acceptors (Lipinski definition) is 3. The second-order valence-electron chi connectivity index (χ2n) is 6.31. The second kappa shape index (κ2) is 9.10. The number of thiocarbonyl (C=S) groups is 1. The van der Waals surface area contributed by atoms with Crippen LogP contribution in [-0.2, 0) is 4.79 Å². The first-order valence-corrected chi connectivity index (χ1v) is 9.47. The van der Waals surface area contributed by atoms with Crippen LogP contribution in [0, 0.1) is 0 Å². The molecule has 2 amide bonds. The first kappa shape index (κ1) is 19.5. The van der Waals surface area contributed by atoms with Gasteiger partial charge in [0, 0.05) is 23.4 Å². The van der Waals surface area contributed by atoms with Crippen molar-refractivity contribution in [3.05, 3.63) is 72.3 Å². The summed E-state index contributed by atoms with van der Waals surface area (Å²) < 4.78 is 0. The lowest BCUT2D eigenvalue weighted by atomic mass is 10.0. The summed E-state index contributed by atoms with van der Waals surface area (Å²) in [6, 6.07) is 20.4. The predicted molar refractivity (Wildman–Crippen MR) is 118 cm³/mol. The fraction of sp³-hybridized carbons (Fsp3) is 0.136. The van der Waals surface area contributed by atoms with Crippen LogP contribution in [0.2, 0.25) is 0 Å². The Hall–Kier alpha value is -3.25. The molecule has 3 aromatic rings. The number of carbonyl (C=O) groups is 2. The molecule has 0 spiro atoms. The Balaban J connectivity index is 1.62. The molecule has 0 fully saturated rings. The predicted octanol–water partition coefficient (Wildman–Crippen LogP) is 4.71. The van der Waals surface area contributed by atoms with Gasteiger partial charge in [0.15, 0.2) is 5.11 Å². The van der Waals surface area contributed by atoms with Crippen molar-refractivity contribution in [1.29, 1.82) is 0 Å². The normalized spacial score (nSPS) is 10.3. The van der Waals surface area contributed by atoms with Crippen molar-refractivity contribution in [1.82, 2.24) is 5.32 Å². The Morgan fingerprint density at radius 1 is 0.857 bits per heavy atom. The Labute approximate surface area is 169 Å². The molecule has 3 rings (SSSR count). The van der Waals surface area contributed by atoms with Gasteiger partial charge in [-0.15, -0.1) is 0 Å². The van der Waals surface area contributed by atoms with E-state index in [0.717, 1.165) is 28.6 Å². The third kappa shape index (κ3) is 4.92. The summed E-state index contributed by atoms with van der Waals surface area (Å²) in [5.41, 5.74) is 2.00. The van der Waals surface area contributed by atoms with Gasteiger partial charge in [0.25, 0.3) is 5.91 Å². The van der Waals surface area contributed by atoms with Gasteiger partial charge >= 0.3 is 0 Å². The van der Waals surface area contributed by atoms with E-state index in [-0.39, 0.29) is 16.9 Å². The van der Waals surface area contributed by atoms with Gasteiger partial charge in [-0.3, -0.25) is 14.9 Å². The minimum atomic E-state index is -0.266. The summed E-state index contributed by atoms with van der Waals surface area (Å²) in [7, 11) is 0. The largest absolute Gasteiger partial charge is 0.332 e. The number of rotatable bonds is 5. The van der Waals surface area contributed by atoms with Crippen LogP contribution in [0.15, 0.2) is 66.7 Å². The average Bonchev–Trinajstić information content (AvgIpc) is 2.69. The number of fused-ring (bicyclic) bond motifs is 1. The lowest BCUT2D eigenvalue weighted by Gasteiger charge is -2.12.